The van der Waals surface area contributed by atoms with Crippen molar-refractivity contribution >= 4 is 0 Å². The van der Waals surface area contributed by atoms with Crippen LogP contribution in [0.4, 0.5) is 8.78 Å². The van der Waals surface area contributed by atoms with E-state index in [2.05, 4.69) is 4.90 Å². The van der Waals surface area contributed by atoms with E-state index < -0.39 is 19.1 Å². The summed E-state index contributed by atoms with van der Waals surface area (Å²) in [4.78, 5) is 2.06. The number of rotatable bonds is 4. The molecule has 3 nitrogen and oxygen atoms in total. The molecule has 1 aliphatic heterocycles. The lowest BCUT2D eigenvalue weighted by molar-refractivity contribution is -0.0897. The minimum absolute atomic E-state index is 0.0533. The highest BCUT2D eigenvalue weighted by atomic mass is 19.3. The summed E-state index contributed by atoms with van der Waals surface area (Å²) in [6, 6.07) is 0. The second kappa shape index (κ2) is 4.30. The lowest BCUT2D eigenvalue weighted by Gasteiger charge is -2.17. The second-order valence-electron chi connectivity index (χ2n) is 3.54. The molecule has 0 aromatic rings. The molecule has 1 heterocycles. The molecule has 0 aromatic carbocycles. The molecule has 1 aliphatic rings. The SMILES string of the molecule is CN1CCC(OCC(F)(F)CN)C1. The molecule has 0 bridgehead atoms. The summed E-state index contributed by atoms with van der Waals surface area (Å²) in [6.45, 7) is 0.455. The number of nitrogens with two attached hydrogens (primary N) is 1. The van der Waals surface area contributed by atoms with Crippen LogP contribution in [-0.2, 0) is 4.74 Å². The molecule has 5 heteroatoms. The monoisotopic (exact) mass is 194 g/mol. The van der Waals surface area contributed by atoms with E-state index in [9.17, 15) is 8.78 Å². The molecule has 0 aromatic heterocycles. The first-order valence-electron chi connectivity index (χ1n) is 4.41. The van der Waals surface area contributed by atoms with Gasteiger partial charge in [0.15, 0.2) is 0 Å². The van der Waals surface area contributed by atoms with Gasteiger partial charge >= 0.3 is 0 Å². The van der Waals surface area contributed by atoms with Gasteiger partial charge in [-0.05, 0) is 13.5 Å². The van der Waals surface area contributed by atoms with E-state index in [4.69, 9.17) is 10.5 Å². The topological polar surface area (TPSA) is 38.5 Å². The molecule has 0 radical (unpaired) electrons. The Hall–Kier alpha value is -0.260. The highest BCUT2D eigenvalue weighted by Gasteiger charge is 2.30. The van der Waals surface area contributed by atoms with Crippen molar-refractivity contribution in [2.75, 3.05) is 33.3 Å². The van der Waals surface area contributed by atoms with Crippen LogP contribution < -0.4 is 5.73 Å². The van der Waals surface area contributed by atoms with Gasteiger partial charge in [-0.3, -0.25) is 0 Å². The smallest absolute Gasteiger partial charge is 0.282 e. The number of hydrogen-bond acceptors (Lipinski definition) is 3. The number of nitrogens with zero attached hydrogens (tertiary/aromatic N) is 1. The molecule has 1 saturated heterocycles. The van der Waals surface area contributed by atoms with Crippen LogP contribution in [0.2, 0.25) is 0 Å². The third kappa shape index (κ3) is 3.54. The molecular weight excluding hydrogens is 178 g/mol. The van der Waals surface area contributed by atoms with Crippen molar-refractivity contribution < 1.29 is 13.5 Å². The maximum Gasteiger partial charge on any atom is 0.282 e. The molecule has 0 aliphatic carbocycles. The van der Waals surface area contributed by atoms with Crippen LogP contribution >= 0.6 is 0 Å². The molecule has 2 N–H and O–H groups in total. The lowest BCUT2D eigenvalue weighted by Crippen LogP contribution is -2.35. The Morgan fingerprint density at radius 2 is 2.31 bits per heavy atom. The maximum atomic E-state index is 12.6. The minimum Gasteiger partial charge on any atom is -0.371 e. The lowest BCUT2D eigenvalue weighted by atomic mass is 10.3. The van der Waals surface area contributed by atoms with Gasteiger partial charge in [0.2, 0.25) is 0 Å². The van der Waals surface area contributed by atoms with Gasteiger partial charge in [0, 0.05) is 13.1 Å². The van der Waals surface area contributed by atoms with Gasteiger partial charge in [-0.25, -0.2) is 8.78 Å². The zero-order chi connectivity index (χ0) is 9.90. The Labute approximate surface area is 76.8 Å². The zero-order valence-corrected chi connectivity index (χ0v) is 7.80. The quantitative estimate of drug-likeness (QED) is 0.699. The van der Waals surface area contributed by atoms with E-state index >= 15 is 0 Å². The van der Waals surface area contributed by atoms with Gasteiger partial charge in [0.1, 0.15) is 6.61 Å². The minimum atomic E-state index is -2.87. The summed E-state index contributed by atoms with van der Waals surface area (Å²) in [5.41, 5.74) is 4.88. The molecule has 0 amide bonds. The first-order chi connectivity index (χ1) is 6.03. The molecule has 13 heavy (non-hydrogen) atoms. The number of likely N-dealkylation sites (N-methyl/N-ethyl adjacent to an activating group) is 1. The first kappa shape index (κ1) is 10.8. The predicted molar refractivity (Wildman–Crippen MR) is 45.9 cm³/mol. The molecule has 1 rings (SSSR count). The molecular formula is C8H16F2N2O. The Balaban J connectivity index is 2.19. The molecule has 1 unspecified atom stereocenters. The van der Waals surface area contributed by atoms with Gasteiger partial charge in [-0.15, -0.1) is 0 Å². The van der Waals surface area contributed by atoms with Crippen LogP contribution in [0.15, 0.2) is 0 Å². The third-order valence-electron chi connectivity index (χ3n) is 2.18. The number of ether oxygens (including phenoxy) is 1. The summed E-state index contributed by atoms with van der Waals surface area (Å²) in [7, 11) is 1.95. The number of likely N-dealkylation sites (tertiary alicyclic amines) is 1. The average molecular weight is 194 g/mol. The van der Waals surface area contributed by atoms with Crippen LogP contribution in [0.25, 0.3) is 0 Å². The normalized spacial score (nSPS) is 25.4. The van der Waals surface area contributed by atoms with Gasteiger partial charge in [-0.2, -0.15) is 0 Å². The fourth-order valence-corrected chi connectivity index (χ4v) is 1.33. The van der Waals surface area contributed by atoms with E-state index in [0.717, 1.165) is 19.5 Å². The summed E-state index contributed by atoms with van der Waals surface area (Å²) >= 11 is 0. The van der Waals surface area contributed by atoms with Gasteiger partial charge < -0.3 is 15.4 Å². The van der Waals surface area contributed by atoms with Gasteiger partial charge in [0.05, 0.1) is 12.6 Å². The van der Waals surface area contributed by atoms with Crippen molar-refractivity contribution in [1.29, 1.82) is 0 Å². The highest BCUT2D eigenvalue weighted by molar-refractivity contribution is 4.75. The fraction of sp³-hybridized carbons (Fsp3) is 1.00. The van der Waals surface area contributed by atoms with Crippen molar-refractivity contribution in [1.82, 2.24) is 4.90 Å². The zero-order valence-electron chi connectivity index (χ0n) is 7.80. The number of halogens is 2. The van der Waals surface area contributed by atoms with Crippen LogP contribution in [0, 0.1) is 0 Å². The van der Waals surface area contributed by atoms with E-state index in [1.54, 1.807) is 0 Å². The van der Waals surface area contributed by atoms with Crippen molar-refractivity contribution in [2.24, 2.45) is 5.73 Å². The Morgan fingerprint density at radius 1 is 1.62 bits per heavy atom. The Kier molecular flexibility index (Phi) is 3.58. The Bertz CT molecular complexity index is 166. The van der Waals surface area contributed by atoms with Crippen LogP contribution in [-0.4, -0.2) is 50.2 Å². The number of hydrogen-bond donors (Lipinski definition) is 1. The highest BCUT2D eigenvalue weighted by Crippen LogP contribution is 2.16. The standard InChI is InChI=1S/C8H16F2N2O/c1-12-3-2-7(4-12)13-6-8(9,10)5-11/h7H,2-6,11H2,1H3. The number of alkyl halides is 2. The van der Waals surface area contributed by atoms with E-state index in [-0.39, 0.29) is 6.10 Å². The molecule has 78 valence electrons. The van der Waals surface area contributed by atoms with Gasteiger partial charge in [-0.1, -0.05) is 0 Å². The maximum absolute atomic E-state index is 12.6. The Morgan fingerprint density at radius 3 is 2.77 bits per heavy atom. The van der Waals surface area contributed by atoms with Crippen molar-refractivity contribution in [3.63, 3.8) is 0 Å². The summed E-state index contributed by atoms with van der Waals surface area (Å²) < 4.78 is 30.3. The molecule has 0 saturated carbocycles. The summed E-state index contributed by atoms with van der Waals surface area (Å²) in [5.74, 6) is -2.87. The van der Waals surface area contributed by atoms with E-state index in [1.807, 2.05) is 7.05 Å². The average Bonchev–Trinajstić information content (AvgIpc) is 2.48. The third-order valence-corrected chi connectivity index (χ3v) is 2.18. The first-order valence-corrected chi connectivity index (χ1v) is 4.41. The van der Waals surface area contributed by atoms with Crippen LogP contribution in [0.3, 0.4) is 0 Å². The van der Waals surface area contributed by atoms with E-state index in [1.165, 1.54) is 0 Å². The van der Waals surface area contributed by atoms with Crippen molar-refractivity contribution in [3.05, 3.63) is 0 Å². The van der Waals surface area contributed by atoms with E-state index in [0.29, 0.717) is 0 Å². The largest absolute Gasteiger partial charge is 0.371 e. The summed E-state index contributed by atoms with van der Waals surface area (Å²) in [6.07, 6.45) is 0.777. The molecule has 0 spiro atoms. The summed E-state index contributed by atoms with van der Waals surface area (Å²) in [5, 5.41) is 0. The second-order valence-corrected chi connectivity index (χ2v) is 3.54. The predicted octanol–water partition coefficient (Wildman–Crippen LogP) is 0.301. The molecule has 1 atom stereocenters. The van der Waals surface area contributed by atoms with Crippen LogP contribution in [0.1, 0.15) is 6.42 Å². The molecule has 1 fully saturated rings. The van der Waals surface area contributed by atoms with Crippen molar-refractivity contribution in [3.8, 4) is 0 Å². The van der Waals surface area contributed by atoms with Gasteiger partial charge in [0.25, 0.3) is 5.92 Å². The van der Waals surface area contributed by atoms with Crippen LogP contribution in [0.5, 0.6) is 0 Å². The van der Waals surface area contributed by atoms with Crippen molar-refractivity contribution in [2.45, 2.75) is 18.4 Å². The fourth-order valence-electron chi connectivity index (χ4n) is 1.33.